The fourth-order valence-electron chi connectivity index (χ4n) is 7.25. The summed E-state index contributed by atoms with van der Waals surface area (Å²) in [5, 5.41) is 2.35. The Morgan fingerprint density at radius 1 is 1.17 bits per heavy atom. The van der Waals surface area contributed by atoms with Crippen LogP contribution < -0.4 is 27.2 Å². The Hall–Kier alpha value is -2.24. The standard InChI is InChI=1S/C30H40N2O3.ClH/c1-4-21(5-2)26-18-23(22-10-7-6-8-11-22)14-16-32(26)29(33)25-19-31-20-30(25)15-17-35-28-24(30)12-9-13-27(28)34-3;/h6-13,21,23,25-26,31H,4-5,14-20H2,1-3H3;1H/t23-,25+,26+,30+;/m1./s1. The minimum atomic E-state index is -0.187. The molecule has 3 heterocycles. The van der Waals surface area contributed by atoms with Crippen molar-refractivity contribution in [3.8, 4) is 11.5 Å². The number of methoxy groups -OCH3 is 1. The number of hydrogen-bond donors (Lipinski definition) is 1. The number of quaternary nitrogens is 1. The molecule has 36 heavy (non-hydrogen) atoms. The number of rotatable bonds is 6. The van der Waals surface area contributed by atoms with Crippen molar-refractivity contribution in [2.75, 3.05) is 33.4 Å². The number of ether oxygens (including phenoxy) is 2. The molecule has 3 aliphatic rings. The molecule has 0 aromatic heterocycles. The van der Waals surface area contributed by atoms with Crippen molar-refractivity contribution < 1.29 is 32.0 Å². The molecule has 2 saturated heterocycles. The number of amides is 1. The van der Waals surface area contributed by atoms with Crippen molar-refractivity contribution >= 4 is 5.91 Å². The number of likely N-dealkylation sites (tertiary alicyclic amines) is 1. The largest absolute Gasteiger partial charge is 1.00 e. The molecule has 5 rings (SSSR count). The van der Waals surface area contributed by atoms with Gasteiger partial charge in [0.1, 0.15) is 5.92 Å². The number of carbonyl (C=O) groups is 1. The van der Waals surface area contributed by atoms with Gasteiger partial charge in [0.05, 0.1) is 32.2 Å². The highest BCUT2D eigenvalue weighted by Crippen LogP contribution is 2.49. The number of nitrogens with zero attached hydrogens (tertiary/aromatic N) is 1. The second kappa shape index (κ2) is 11.4. The first-order chi connectivity index (χ1) is 17.1. The van der Waals surface area contributed by atoms with Crippen molar-refractivity contribution in [2.24, 2.45) is 11.8 Å². The first-order valence-corrected chi connectivity index (χ1v) is 13.6. The monoisotopic (exact) mass is 512 g/mol. The molecule has 196 valence electrons. The molecule has 3 aliphatic heterocycles. The van der Waals surface area contributed by atoms with Crippen LogP contribution in [0.2, 0.25) is 0 Å². The molecule has 0 radical (unpaired) electrons. The Labute approximate surface area is 222 Å². The molecular weight excluding hydrogens is 472 g/mol. The molecule has 2 N–H and O–H groups in total. The third-order valence-electron chi connectivity index (χ3n) is 9.20. The number of fused-ring (bicyclic) bond motifs is 2. The van der Waals surface area contributed by atoms with Crippen molar-refractivity contribution in [1.82, 2.24) is 4.90 Å². The summed E-state index contributed by atoms with van der Waals surface area (Å²) in [6, 6.07) is 17.4. The Bertz CT molecular complexity index is 1030. The van der Waals surface area contributed by atoms with E-state index in [1.54, 1.807) is 7.11 Å². The van der Waals surface area contributed by atoms with Gasteiger partial charge in [-0.2, -0.15) is 0 Å². The summed E-state index contributed by atoms with van der Waals surface area (Å²) in [6.45, 7) is 7.85. The molecule has 2 aromatic rings. The number of carbonyl (C=O) groups excluding carboxylic acids is 1. The minimum Gasteiger partial charge on any atom is -1.00 e. The molecular formula is C30H41ClN2O3. The minimum absolute atomic E-state index is 0. The van der Waals surface area contributed by atoms with Gasteiger partial charge < -0.3 is 32.1 Å². The van der Waals surface area contributed by atoms with Gasteiger partial charge in [0, 0.05) is 18.2 Å². The lowest BCUT2D eigenvalue weighted by atomic mass is 9.67. The van der Waals surface area contributed by atoms with Gasteiger partial charge >= 0.3 is 0 Å². The van der Waals surface area contributed by atoms with Crippen LogP contribution in [-0.4, -0.2) is 50.2 Å². The van der Waals surface area contributed by atoms with E-state index in [2.05, 4.69) is 60.5 Å². The summed E-state index contributed by atoms with van der Waals surface area (Å²) < 4.78 is 11.7. The van der Waals surface area contributed by atoms with E-state index < -0.39 is 0 Å². The van der Waals surface area contributed by atoms with E-state index >= 15 is 0 Å². The predicted octanol–water partition coefficient (Wildman–Crippen LogP) is 1.12. The number of nitrogens with two attached hydrogens (primary N) is 1. The van der Waals surface area contributed by atoms with Gasteiger partial charge in [0.15, 0.2) is 11.5 Å². The van der Waals surface area contributed by atoms with Gasteiger partial charge in [-0.25, -0.2) is 0 Å². The van der Waals surface area contributed by atoms with Crippen LogP contribution in [-0.2, 0) is 10.2 Å². The van der Waals surface area contributed by atoms with Crippen molar-refractivity contribution in [1.29, 1.82) is 0 Å². The Balaban J connectivity index is 0.00000304. The second-order valence-corrected chi connectivity index (χ2v) is 10.7. The molecule has 1 amide bonds. The summed E-state index contributed by atoms with van der Waals surface area (Å²) in [5.41, 5.74) is 2.40. The first-order valence-electron chi connectivity index (χ1n) is 13.6. The Morgan fingerprint density at radius 3 is 2.67 bits per heavy atom. The normalized spacial score (nSPS) is 27.3. The van der Waals surface area contributed by atoms with Crippen LogP contribution in [0.3, 0.4) is 0 Å². The number of para-hydroxylation sites is 1. The van der Waals surface area contributed by atoms with Crippen LogP contribution in [0.25, 0.3) is 0 Å². The molecule has 0 bridgehead atoms. The van der Waals surface area contributed by atoms with Gasteiger partial charge in [-0.1, -0.05) is 69.2 Å². The first kappa shape index (κ1) is 26.8. The van der Waals surface area contributed by atoms with Crippen molar-refractivity contribution in [2.45, 2.75) is 63.3 Å². The summed E-state index contributed by atoms with van der Waals surface area (Å²) in [6.07, 6.45) is 5.23. The number of benzene rings is 2. The highest BCUT2D eigenvalue weighted by atomic mass is 35.5. The SMILES string of the molecule is CCC(CC)[C@@H]1C[C@H](c2ccccc2)CCN1C(=O)[C@@H]1C[NH2+]C[C@]12CCOc1c(OC)cccc12.[Cl-]. The van der Waals surface area contributed by atoms with E-state index in [4.69, 9.17) is 9.47 Å². The molecule has 0 saturated carbocycles. The zero-order valence-electron chi connectivity index (χ0n) is 21.9. The van der Waals surface area contributed by atoms with Gasteiger partial charge in [-0.15, -0.1) is 0 Å². The summed E-state index contributed by atoms with van der Waals surface area (Å²) in [5.74, 6) is 3.02. The molecule has 1 spiro atoms. The van der Waals surface area contributed by atoms with E-state index in [1.807, 2.05) is 12.1 Å². The van der Waals surface area contributed by atoms with E-state index in [-0.39, 0.29) is 23.7 Å². The van der Waals surface area contributed by atoms with Crippen molar-refractivity contribution in [3.63, 3.8) is 0 Å². The fraction of sp³-hybridized carbons (Fsp3) is 0.567. The maximum atomic E-state index is 14.5. The number of halogens is 1. The zero-order valence-corrected chi connectivity index (χ0v) is 22.7. The van der Waals surface area contributed by atoms with Crippen LogP contribution in [0.4, 0.5) is 0 Å². The number of piperidine rings is 1. The molecule has 2 fully saturated rings. The summed E-state index contributed by atoms with van der Waals surface area (Å²) >= 11 is 0. The van der Waals surface area contributed by atoms with E-state index in [0.717, 1.165) is 68.8 Å². The predicted molar refractivity (Wildman–Crippen MR) is 138 cm³/mol. The van der Waals surface area contributed by atoms with Crippen molar-refractivity contribution in [3.05, 3.63) is 59.7 Å². The lowest BCUT2D eigenvalue weighted by Crippen LogP contribution is -3.00. The quantitative estimate of drug-likeness (QED) is 0.631. The van der Waals surface area contributed by atoms with Crippen LogP contribution in [0.5, 0.6) is 11.5 Å². The van der Waals surface area contributed by atoms with Crippen LogP contribution >= 0.6 is 0 Å². The average Bonchev–Trinajstić information content (AvgIpc) is 3.33. The lowest BCUT2D eigenvalue weighted by Gasteiger charge is -2.46. The van der Waals surface area contributed by atoms with Crippen LogP contribution in [0.15, 0.2) is 48.5 Å². The maximum Gasteiger partial charge on any atom is 0.232 e. The molecule has 2 aromatic carbocycles. The summed E-state index contributed by atoms with van der Waals surface area (Å²) in [4.78, 5) is 16.8. The molecule has 0 aliphatic carbocycles. The highest BCUT2D eigenvalue weighted by molar-refractivity contribution is 5.82. The Kier molecular flexibility index (Phi) is 8.52. The fourth-order valence-corrected chi connectivity index (χ4v) is 7.25. The topological polar surface area (TPSA) is 55.4 Å². The van der Waals surface area contributed by atoms with Gasteiger partial charge in [0.25, 0.3) is 0 Å². The van der Waals surface area contributed by atoms with Crippen LogP contribution in [0.1, 0.15) is 63.0 Å². The smallest absolute Gasteiger partial charge is 0.232 e. The van der Waals surface area contributed by atoms with E-state index in [0.29, 0.717) is 30.4 Å². The zero-order chi connectivity index (χ0) is 24.4. The van der Waals surface area contributed by atoms with Gasteiger partial charge in [-0.05, 0) is 42.7 Å². The number of hydrogen-bond acceptors (Lipinski definition) is 3. The van der Waals surface area contributed by atoms with Gasteiger partial charge in [0.2, 0.25) is 5.91 Å². The molecule has 4 atom stereocenters. The van der Waals surface area contributed by atoms with E-state index in [9.17, 15) is 4.79 Å². The van der Waals surface area contributed by atoms with E-state index in [1.165, 1.54) is 5.56 Å². The third-order valence-corrected chi connectivity index (χ3v) is 9.20. The third kappa shape index (κ3) is 4.61. The average molecular weight is 513 g/mol. The summed E-state index contributed by atoms with van der Waals surface area (Å²) in [7, 11) is 1.70. The molecule has 6 heteroatoms. The lowest BCUT2D eigenvalue weighted by molar-refractivity contribution is -0.640. The van der Waals surface area contributed by atoms with Crippen LogP contribution in [0, 0.1) is 11.8 Å². The maximum absolute atomic E-state index is 14.5. The van der Waals surface area contributed by atoms with Gasteiger partial charge in [-0.3, -0.25) is 4.79 Å². The Morgan fingerprint density at radius 2 is 1.94 bits per heavy atom. The second-order valence-electron chi connectivity index (χ2n) is 10.7. The highest BCUT2D eigenvalue weighted by Gasteiger charge is 2.56. The molecule has 5 nitrogen and oxygen atoms in total. The molecule has 0 unspecified atom stereocenters.